The minimum Gasteiger partial charge on any atom is -0.490 e. The largest absolute Gasteiger partial charge is 0.490 e. The van der Waals surface area contributed by atoms with Crippen molar-refractivity contribution >= 4 is 23.4 Å². The van der Waals surface area contributed by atoms with Crippen molar-refractivity contribution in [2.75, 3.05) is 30.9 Å². The molecule has 35 heavy (non-hydrogen) atoms. The molecule has 1 aliphatic heterocycles. The Hall–Kier alpha value is -3.66. The Balaban J connectivity index is 1.42. The number of amides is 1. The summed E-state index contributed by atoms with van der Waals surface area (Å²) in [6, 6.07) is 12.8. The van der Waals surface area contributed by atoms with Gasteiger partial charge in [-0.25, -0.2) is 0 Å². The van der Waals surface area contributed by atoms with Crippen LogP contribution in [-0.4, -0.2) is 46.2 Å². The molecule has 1 N–H and O–H groups in total. The predicted molar refractivity (Wildman–Crippen MR) is 134 cm³/mol. The molecule has 1 atom stereocenters. The number of nitrogens with one attached hydrogen (secondary N) is 1. The second-order valence-corrected chi connectivity index (χ2v) is 8.41. The van der Waals surface area contributed by atoms with Crippen molar-refractivity contribution < 1.29 is 23.7 Å². The number of hydrogen-bond acceptors (Lipinski definition) is 8. The fourth-order valence-electron chi connectivity index (χ4n) is 3.55. The van der Waals surface area contributed by atoms with Crippen LogP contribution in [0.25, 0.3) is 0 Å². The van der Waals surface area contributed by atoms with E-state index in [1.54, 1.807) is 24.3 Å². The third-order valence-corrected chi connectivity index (χ3v) is 5.98. The lowest BCUT2D eigenvalue weighted by Crippen LogP contribution is -2.25. The Labute approximate surface area is 208 Å². The zero-order chi connectivity index (χ0) is 24.6. The van der Waals surface area contributed by atoms with E-state index in [1.165, 1.54) is 11.8 Å². The Morgan fingerprint density at radius 2 is 1.94 bits per heavy atom. The molecule has 0 aliphatic carbocycles. The first kappa shape index (κ1) is 24.5. The van der Waals surface area contributed by atoms with Gasteiger partial charge >= 0.3 is 0 Å². The van der Waals surface area contributed by atoms with Gasteiger partial charge in [-0.3, -0.25) is 9.36 Å². The average molecular weight is 497 g/mol. The first-order chi connectivity index (χ1) is 17.1. The number of carbonyl (C=O) groups excluding carboxylic acids is 1. The summed E-state index contributed by atoms with van der Waals surface area (Å²) < 4.78 is 25.0. The molecule has 0 bridgehead atoms. The molecule has 9 nitrogen and oxygen atoms in total. The molecule has 3 aromatic rings. The van der Waals surface area contributed by atoms with E-state index >= 15 is 0 Å². The van der Waals surface area contributed by atoms with Crippen LogP contribution >= 0.6 is 11.8 Å². The van der Waals surface area contributed by atoms with E-state index in [0.717, 1.165) is 0 Å². The summed E-state index contributed by atoms with van der Waals surface area (Å²) in [5.41, 5.74) is 0.627. The Kier molecular flexibility index (Phi) is 8.15. The van der Waals surface area contributed by atoms with Gasteiger partial charge in [0.2, 0.25) is 5.91 Å². The summed E-state index contributed by atoms with van der Waals surface area (Å²) in [6.07, 6.45) is 1.34. The molecule has 2 aromatic carbocycles. The monoisotopic (exact) mass is 496 g/mol. The minimum absolute atomic E-state index is 0.150. The van der Waals surface area contributed by atoms with Gasteiger partial charge in [-0.2, -0.15) is 0 Å². The molecule has 10 heteroatoms. The molecule has 1 aromatic heterocycles. The van der Waals surface area contributed by atoms with Crippen LogP contribution in [0.2, 0.25) is 0 Å². The first-order valence-electron chi connectivity index (χ1n) is 11.4. The number of nitrogens with zero attached hydrogens (tertiary/aromatic N) is 3. The van der Waals surface area contributed by atoms with E-state index in [1.807, 2.05) is 42.7 Å². The third-order valence-electron chi connectivity index (χ3n) is 5.01. The quantitative estimate of drug-likeness (QED) is 0.306. The van der Waals surface area contributed by atoms with Crippen molar-refractivity contribution in [1.82, 2.24) is 14.8 Å². The summed E-state index contributed by atoms with van der Waals surface area (Å²) in [7, 11) is 0. The van der Waals surface area contributed by atoms with E-state index in [0.29, 0.717) is 66.0 Å². The molecule has 4 rings (SSSR count). The topological polar surface area (TPSA) is 96.7 Å². The van der Waals surface area contributed by atoms with E-state index in [-0.39, 0.29) is 11.7 Å². The fraction of sp³-hybridized carbons (Fsp3) is 0.320. The Morgan fingerprint density at radius 1 is 1.17 bits per heavy atom. The molecule has 1 unspecified atom stereocenters. The molecular formula is C25H28N4O5S. The molecule has 1 amide bonds. The fourth-order valence-corrected chi connectivity index (χ4v) is 4.30. The number of thioether (sulfide) groups is 1. The number of carbonyl (C=O) groups is 1. The second-order valence-electron chi connectivity index (χ2n) is 7.47. The molecule has 0 saturated heterocycles. The number of hydrogen-bond donors (Lipinski definition) is 1. The minimum atomic E-state index is -0.415. The number of anilines is 1. The normalized spacial score (nSPS) is 14.3. The van der Waals surface area contributed by atoms with Crippen LogP contribution in [0, 0.1) is 0 Å². The van der Waals surface area contributed by atoms with Crippen LogP contribution in [0.4, 0.5) is 5.69 Å². The van der Waals surface area contributed by atoms with Gasteiger partial charge in [0, 0.05) is 18.3 Å². The lowest BCUT2D eigenvalue weighted by atomic mass is 10.2. The van der Waals surface area contributed by atoms with E-state index in [4.69, 9.17) is 18.9 Å². The van der Waals surface area contributed by atoms with Gasteiger partial charge in [-0.1, -0.05) is 30.0 Å². The Morgan fingerprint density at radius 3 is 2.71 bits per heavy atom. The number of aromatic nitrogens is 3. The summed E-state index contributed by atoms with van der Waals surface area (Å²) in [5, 5.41) is 12.1. The molecule has 1 aliphatic rings. The molecule has 0 fully saturated rings. The van der Waals surface area contributed by atoms with Crippen molar-refractivity contribution in [1.29, 1.82) is 0 Å². The number of rotatable bonds is 11. The van der Waals surface area contributed by atoms with Crippen molar-refractivity contribution in [3.05, 3.63) is 60.9 Å². The molecule has 0 radical (unpaired) electrons. The maximum absolute atomic E-state index is 12.7. The summed E-state index contributed by atoms with van der Waals surface area (Å²) in [5.74, 6) is 3.18. The standard InChI is InChI=1S/C25H28N4O5S/c1-4-13-29-24(22-15-33-18-9-7-8-10-20(18)34-22)27-28-25(29)35-16-23(30)26-17-11-12-19(31-5-2)21(14-17)32-6-3/h4,7-12,14,22H,1,5-6,13,15-16H2,2-3H3,(H,26,30). The van der Waals surface area contributed by atoms with Crippen LogP contribution < -0.4 is 24.3 Å². The SMILES string of the molecule is C=CCn1c(SCC(=O)Nc2ccc(OCC)c(OCC)c2)nnc1C1COc2ccccc2O1. The van der Waals surface area contributed by atoms with Crippen molar-refractivity contribution in [3.8, 4) is 23.0 Å². The van der Waals surface area contributed by atoms with E-state index < -0.39 is 6.10 Å². The zero-order valence-corrected chi connectivity index (χ0v) is 20.5. The van der Waals surface area contributed by atoms with E-state index in [2.05, 4.69) is 22.1 Å². The van der Waals surface area contributed by atoms with Crippen LogP contribution in [-0.2, 0) is 11.3 Å². The van der Waals surface area contributed by atoms with Crippen molar-refractivity contribution in [2.45, 2.75) is 31.7 Å². The number of benzene rings is 2. The molecule has 0 spiro atoms. The third kappa shape index (κ3) is 5.89. The van der Waals surface area contributed by atoms with Gasteiger partial charge in [-0.05, 0) is 38.1 Å². The van der Waals surface area contributed by atoms with Gasteiger partial charge in [0.05, 0.1) is 19.0 Å². The van der Waals surface area contributed by atoms with Gasteiger partial charge in [0.1, 0.15) is 6.61 Å². The van der Waals surface area contributed by atoms with Gasteiger partial charge in [-0.15, -0.1) is 16.8 Å². The Bertz CT molecular complexity index is 1180. The maximum Gasteiger partial charge on any atom is 0.234 e. The summed E-state index contributed by atoms with van der Waals surface area (Å²) in [6.45, 7) is 9.46. The summed E-state index contributed by atoms with van der Waals surface area (Å²) in [4.78, 5) is 12.7. The predicted octanol–water partition coefficient (Wildman–Crippen LogP) is 4.50. The molecular weight excluding hydrogens is 468 g/mol. The van der Waals surface area contributed by atoms with Gasteiger partial charge < -0.3 is 24.3 Å². The highest BCUT2D eigenvalue weighted by atomic mass is 32.2. The van der Waals surface area contributed by atoms with Gasteiger partial charge in [0.15, 0.2) is 40.1 Å². The smallest absolute Gasteiger partial charge is 0.234 e. The molecule has 184 valence electrons. The number of ether oxygens (including phenoxy) is 4. The van der Waals surface area contributed by atoms with Crippen molar-refractivity contribution in [2.24, 2.45) is 0 Å². The lowest BCUT2D eigenvalue weighted by Gasteiger charge is -2.26. The average Bonchev–Trinajstić information content (AvgIpc) is 3.27. The number of para-hydroxylation sites is 2. The highest BCUT2D eigenvalue weighted by Crippen LogP contribution is 2.36. The van der Waals surface area contributed by atoms with Crippen molar-refractivity contribution in [3.63, 3.8) is 0 Å². The first-order valence-corrected chi connectivity index (χ1v) is 12.4. The summed E-state index contributed by atoms with van der Waals surface area (Å²) >= 11 is 1.29. The van der Waals surface area contributed by atoms with Gasteiger partial charge in [0.25, 0.3) is 0 Å². The highest BCUT2D eigenvalue weighted by Gasteiger charge is 2.28. The maximum atomic E-state index is 12.7. The van der Waals surface area contributed by atoms with Crippen LogP contribution in [0.3, 0.4) is 0 Å². The number of fused-ring (bicyclic) bond motifs is 1. The molecule has 2 heterocycles. The lowest BCUT2D eigenvalue weighted by molar-refractivity contribution is -0.113. The van der Waals surface area contributed by atoms with Crippen LogP contribution in [0.5, 0.6) is 23.0 Å². The highest BCUT2D eigenvalue weighted by molar-refractivity contribution is 7.99. The number of allylic oxidation sites excluding steroid dienone is 1. The van der Waals surface area contributed by atoms with Crippen LogP contribution in [0.1, 0.15) is 25.8 Å². The zero-order valence-electron chi connectivity index (χ0n) is 19.7. The van der Waals surface area contributed by atoms with Crippen LogP contribution in [0.15, 0.2) is 60.3 Å². The molecule has 0 saturated carbocycles. The second kappa shape index (κ2) is 11.7. The van der Waals surface area contributed by atoms with E-state index in [9.17, 15) is 4.79 Å².